The van der Waals surface area contributed by atoms with Crippen molar-refractivity contribution in [3.63, 3.8) is 0 Å². The van der Waals surface area contributed by atoms with Gasteiger partial charge in [-0.15, -0.1) is 0 Å². The Morgan fingerprint density at radius 3 is 2.41 bits per heavy atom. The van der Waals surface area contributed by atoms with Gasteiger partial charge in [0.15, 0.2) is 0 Å². The van der Waals surface area contributed by atoms with E-state index in [1.807, 2.05) is 23.7 Å². The highest BCUT2D eigenvalue weighted by Gasteiger charge is 2.71. The molecule has 0 aliphatic heterocycles. The van der Waals surface area contributed by atoms with Crippen LogP contribution in [0.1, 0.15) is 63.8 Å². The quantitative estimate of drug-likeness (QED) is 0.631. The molecule has 1 fully saturated rings. The number of carbonyl (C=O) groups excluding carboxylic acids is 1. The number of fused-ring (bicyclic) bond motifs is 1. The zero-order valence-electron chi connectivity index (χ0n) is 17.2. The van der Waals surface area contributed by atoms with Crippen LogP contribution in [-0.2, 0) is 10.2 Å². The number of hydrogen-bond acceptors (Lipinski definition) is 3. The van der Waals surface area contributed by atoms with E-state index < -0.39 is 30.6 Å². The molecule has 0 N–H and O–H groups in total. The number of Topliss-reactive ketones (excluding diaryl/α,β-unsaturated/α-hetero) is 1. The van der Waals surface area contributed by atoms with E-state index in [4.69, 9.17) is 5.26 Å². The van der Waals surface area contributed by atoms with Crippen LogP contribution in [0.25, 0.3) is 5.52 Å². The Labute approximate surface area is 167 Å². The summed E-state index contributed by atoms with van der Waals surface area (Å²) in [6, 6.07) is 5.85. The van der Waals surface area contributed by atoms with Crippen LogP contribution in [0.2, 0.25) is 0 Å². The standard InChI is InChI=1S/C13H15N3.C8H10F4O/c1-9-12(13(2,3)4)11-7-10(8-14)5-6-16(11)15-9;1-2-6(13)3-5-4-7(9,10)8(5,11)12/h5-7H,1-4H3;5H,2-4H2,1H3. The summed E-state index contributed by atoms with van der Waals surface area (Å²) in [4.78, 5) is 10.7. The normalized spacial score (nSPS) is 19.7. The monoisotopic (exact) mass is 411 g/mol. The minimum absolute atomic E-state index is 0.0416. The van der Waals surface area contributed by atoms with E-state index in [-0.39, 0.29) is 17.6 Å². The van der Waals surface area contributed by atoms with Gasteiger partial charge >= 0.3 is 11.8 Å². The molecule has 2 heterocycles. The first-order valence-corrected chi connectivity index (χ1v) is 9.41. The molecule has 0 bridgehead atoms. The topological polar surface area (TPSA) is 58.2 Å². The molecule has 29 heavy (non-hydrogen) atoms. The van der Waals surface area contributed by atoms with Gasteiger partial charge in [0.1, 0.15) is 5.78 Å². The Balaban J connectivity index is 0.000000212. The van der Waals surface area contributed by atoms with Crippen LogP contribution < -0.4 is 0 Å². The Morgan fingerprint density at radius 1 is 1.34 bits per heavy atom. The predicted molar refractivity (Wildman–Crippen MR) is 101 cm³/mol. The summed E-state index contributed by atoms with van der Waals surface area (Å²) in [5.74, 6) is -9.75. The second-order valence-electron chi connectivity index (χ2n) is 8.39. The van der Waals surface area contributed by atoms with E-state index >= 15 is 0 Å². The van der Waals surface area contributed by atoms with E-state index in [0.29, 0.717) is 5.56 Å². The SMILES string of the molecule is CCC(=O)CC1CC(F)(F)C1(F)F.Cc1nn2ccc(C#N)cc2c1C(C)(C)C. The van der Waals surface area contributed by atoms with Crippen molar-refractivity contribution in [1.29, 1.82) is 5.26 Å². The summed E-state index contributed by atoms with van der Waals surface area (Å²) in [5, 5.41) is 13.4. The lowest BCUT2D eigenvalue weighted by atomic mass is 9.74. The second-order valence-corrected chi connectivity index (χ2v) is 8.39. The number of aromatic nitrogens is 2. The fraction of sp³-hybridized carbons (Fsp3) is 0.571. The van der Waals surface area contributed by atoms with Crippen LogP contribution in [0.3, 0.4) is 0 Å². The Hall–Kier alpha value is -2.43. The summed E-state index contributed by atoms with van der Waals surface area (Å²) in [7, 11) is 0. The zero-order chi connectivity index (χ0) is 22.2. The maximum Gasteiger partial charge on any atom is 0.313 e. The van der Waals surface area contributed by atoms with E-state index in [9.17, 15) is 22.4 Å². The highest BCUT2D eigenvalue weighted by atomic mass is 19.3. The van der Waals surface area contributed by atoms with E-state index in [0.717, 1.165) is 11.2 Å². The van der Waals surface area contributed by atoms with Gasteiger partial charge in [0.25, 0.3) is 0 Å². The largest absolute Gasteiger partial charge is 0.313 e. The number of halogens is 4. The molecule has 2 aromatic rings. The third kappa shape index (κ3) is 4.44. The predicted octanol–water partition coefficient (Wildman–Crippen LogP) is 5.46. The minimum atomic E-state index is -3.99. The first kappa shape index (κ1) is 22.9. The molecule has 0 saturated heterocycles. The van der Waals surface area contributed by atoms with Gasteiger partial charge in [0.2, 0.25) is 0 Å². The van der Waals surface area contributed by atoms with Crippen molar-refractivity contribution in [3.05, 3.63) is 35.2 Å². The average molecular weight is 411 g/mol. The van der Waals surface area contributed by atoms with Crippen molar-refractivity contribution in [2.45, 2.75) is 71.1 Å². The Kier molecular flexibility index (Phi) is 6.12. The fourth-order valence-electron chi connectivity index (χ4n) is 3.52. The van der Waals surface area contributed by atoms with Crippen molar-refractivity contribution < 1.29 is 22.4 Å². The van der Waals surface area contributed by atoms with Crippen LogP contribution >= 0.6 is 0 Å². The number of hydrogen-bond donors (Lipinski definition) is 0. The molecular weight excluding hydrogens is 386 g/mol. The van der Waals surface area contributed by atoms with Gasteiger partial charge in [-0.25, -0.2) is 4.52 Å². The lowest BCUT2D eigenvalue weighted by molar-refractivity contribution is -0.313. The number of aryl methyl sites for hydroxylation is 1. The molecule has 2 aromatic heterocycles. The van der Waals surface area contributed by atoms with E-state index in [2.05, 4.69) is 31.9 Å². The van der Waals surface area contributed by atoms with Gasteiger partial charge < -0.3 is 0 Å². The highest BCUT2D eigenvalue weighted by Crippen LogP contribution is 2.56. The van der Waals surface area contributed by atoms with Gasteiger partial charge in [0.05, 0.1) is 22.8 Å². The lowest BCUT2D eigenvalue weighted by Crippen LogP contribution is -2.59. The van der Waals surface area contributed by atoms with Crippen molar-refractivity contribution in [2.24, 2.45) is 5.92 Å². The zero-order valence-corrected chi connectivity index (χ0v) is 17.2. The smallest absolute Gasteiger partial charge is 0.300 e. The van der Waals surface area contributed by atoms with Crippen molar-refractivity contribution >= 4 is 11.3 Å². The van der Waals surface area contributed by atoms with Gasteiger partial charge in [-0.05, 0) is 24.5 Å². The number of carbonyl (C=O) groups is 1. The minimum Gasteiger partial charge on any atom is -0.300 e. The Morgan fingerprint density at radius 2 is 1.97 bits per heavy atom. The molecule has 0 radical (unpaired) electrons. The van der Waals surface area contributed by atoms with Gasteiger partial charge in [-0.3, -0.25) is 4.79 Å². The highest BCUT2D eigenvalue weighted by molar-refractivity contribution is 5.78. The molecule has 1 unspecified atom stereocenters. The first-order chi connectivity index (χ1) is 13.2. The fourth-order valence-corrected chi connectivity index (χ4v) is 3.52. The molecular formula is C21H25F4N3O. The van der Waals surface area contributed by atoms with Crippen LogP contribution in [0, 0.1) is 24.2 Å². The lowest BCUT2D eigenvalue weighted by Gasteiger charge is -2.43. The summed E-state index contributed by atoms with van der Waals surface area (Å²) in [5.41, 5.74) is 3.99. The number of nitriles is 1. The van der Waals surface area contributed by atoms with Crippen LogP contribution in [0.4, 0.5) is 17.6 Å². The third-order valence-electron chi connectivity index (χ3n) is 5.06. The second kappa shape index (κ2) is 7.77. The number of rotatable bonds is 3. The number of ketones is 1. The third-order valence-corrected chi connectivity index (χ3v) is 5.06. The molecule has 4 nitrogen and oxygen atoms in total. The maximum atomic E-state index is 12.6. The molecule has 0 aromatic carbocycles. The number of pyridine rings is 1. The van der Waals surface area contributed by atoms with Crippen molar-refractivity contribution in [3.8, 4) is 6.07 Å². The van der Waals surface area contributed by atoms with Crippen molar-refractivity contribution in [1.82, 2.24) is 9.61 Å². The molecule has 8 heteroatoms. The van der Waals surface area contributed by atoms with Crippen molar-refractivity contribution in [2.75, 3.05) is 0 Å². The summed E-state index contributed by atoms with van der Waals surface area (Å²) in [6.45, 7) is 10.0. The molecule has 0 amide bonds. The first-order valence-electron chi connectivity index (χ1n) is 9.41. The summed E-state index contributed by atoms with van der Waals surface area (Å²) < 4.78 is 51.5. The molecule has 1 atom stereocenters. The van der Waals surface area contributed by atoms with Gasteiger partial charge in [-0.1, -0.05) is 27.7 Å². The molecule has 1 aliphatic carbocycles. The van der Waals surface area contributed by atoms with Crippen LogP contribution in [-0.4, -0.2) is 27.2 Å². The average Bonchev–Trinajstić information content (AvgIpc) is 2.96. The van der Waals surface area contributed by atoms with Crippen LogP contribution in [0.15, 0.2) is 18.3 Å². The molecule has 1 saturated carbocycles. The van der Waals surface area contributed by atoms with Gasteiger partial charge in [-0.2, -0.15) is 27.9 Å². The molecule has 0 spiro atoms. The molecule has 1 aliphatic rings. The Bertz CT molecular complexity index is 951. The van der Waals surface area contributed by atoms with E-state index in [1.165, 1.54) is 12.5 Å². The molecule has 3 rings (SSSR count). The summed E-state index contributed by atoms with van der Waals surface area (Å²) in [6.07, 6.45) is 0.666. The summed E-state index contributed by atoms with van der Waals surface area (Å²) >= 11 is 0. The number of nitrogens with zero attached hydrogens (tertiary/aromatic N) is 3. The van der Waals surface area contributed by atoms with Gasteiger partial charge in [0, 0.05) is 36.9 Å². The van der Waals surface area contributed by atoms with E-state index in [1.54, 1.807) is 6.07 Å². The molecule has 158 valence electrons. The number of alkyl halides is 4. The van der Waals surface area contributed by atoms with Crippen LogP contribution in [0.5, 0.6) is 0 Å². The maximum absolute atomic E-state index is 12.6.